The molecule has 0 saturated heterocycles. The van der Waals surface area contributed by atoms with Crippen LogP contribution in [0.15, 0.2) is 0 Å². The van der Waals surface area contributed by atoms with Gasteiger partial charge in [-0.2, -0.15) is 0 Å². The van der Waals surface area contributed by atoms with Crippen LogP contribution in [0.25, 0.3) is 0 Å². The molecule has 0 aliphatic rings. The fourth-order valence-corrected chi connectivity index (χ4v) is 4.18. The van der Waals surface area contributed by atoms with Crippen molar-refractivity contribution in [3.8, 4) is 0 Å². The Morgan fingerprint density at radius 3 is 1.41 bits per heavy atom. The molecule has 0 aliphatic heterocycles. The van der Waals surface area contributed by atoms with Gasteiger partial charge in [-0.05, 0) is 26.4 Å². The molecule has 0 fully saturated rings. The van der Waals surface area contributed by atoms with Gasteiger partial charge in [0.05, 0.1) is 5.92 Å². The van der Waals surface area contributed by atoms with Gasteiger partial charge in [0.15, 0.2) is 0 Å². The number of rotatable bonds is 20. The van der Waals surface area contributed by atoms with Crippen LogP contribution >= 0.6 is 0 Å². The second-order valence-electron chi connectivity index (χ2n) is 8.29. The highest BCUT2D eigenvalue weighted by Crippen LogP contribution is 2.20. The van der Waals surface area contributed by atoms with E-state index in [0.717, 1.165) is 25.9 Å². The Hall–Kier alpha value is -0.570. The van der Waals surface area contributed by atoms with Crippen molar-refractivity contribution in [3.63, 3.8) is 0 Å². The summed E-state index contributed by atoms with van der Waals surface area (Å²) in [6.07, 6.45) is 19.6. The highest BCUT2D eigenvalue weighted by atomic mass is 16.4. The standard InChI is InChI=1S/C24H49NO2/c1-5-8-9-10-11-12-13-14-15-16-17-18-19-20-21-23(24(26)27)22(4)25(6-2)7-3/h22-23H,5-21H2,1-4H3,(H,26,27). The highest BCUT2D eigenvalue weighted by Gasteiger charge is 2.27. The lowest BCUT2D eigenvalue weighted by Gasteiger charge is -2.31. The molecule has 2 atom stereocenters. The largest absolute Gasteiger partial charge is 0.481 e. The molecular formula is C24H49NO2. The van der Waals surface area contributed by atoms with E-state index >= 15 is 0 Å². The minimum atomic E-state index is -0.621. The fraction of sp³-hybridized carbons (Fsp3) is 0.958. The van der Waals surface area contributed by atoms with E-state index in [1.54, 1.807) is 0 Å². The predicted molar refractivity (Wildman–Crippen MR) is 118 cm³/mol. The molecule has 0 spiro atoms. The van der Waals surface area contributed by atoms with E-state index in [1.165, 1.54) is 83.5 Å². The molecule has 3 nitrogen and oxygen atoms in total. The van der Waals surface area contributed by atoms with Gasteiger partial charge >= 0.3 is 5.97 Å². The zero-order valence-corrected chi connectivity index (χ0v) is 19.0. The van der Waals surface area contributed by atoms with Crippen LogP contribution in [0.3, 0.4) is 0 Å². The lowest BCUT2D eigenvalue weighted by molar-refractivity contribution is -0.144. The summed E-state index contributed by atoms with van der Waals surface area (Å²) in [5.41, 5.74) is 0. The molecule has 0 bridgehead atoms. The fourth-order valence-electron chi connectivity index (χ4n) is 4.18. The van der Waals surface area contributed by atoms with Crippen molar-refractivity contribution < 1.29 is 9.90 Å². The minimum absolute atomic E-state index is 0.138. The van der Waals surface area contributed by atoms with Crippen LogP contribution in [-0.2, 0) is 4.79 Å². The van der Waals surface area contributed by atoms with Gasteiger partial charge in [-0.3, -0.25) is 4.79 Å². The molecule has 0 heterocycles. The number of hydrogen-bond acceptors (Lipinski definition) is 2. The van der Waals surface area contributed by atoms with Gasteiger partial charge in [0.1, 0.15) is 0 Å². The number of carboxylic acid groups (broad SMARTS) is 1. The van der Waals surface area contributed by atoms with Crippen molar-refractivity contribution in [3.05, 3.63) is 0 Å². The van der Waals surface area contributed by atoms with E-state index in [4.69, 9.17) is 0 Å². The molecule has 0 rings (SSSR count). The van der Waals surface area contributed by atoms with Crippen LogP contribution in [0, 0.1) is 5.92 Å². The molecule has 0 aromatic carbocycles. The Balaban J connectivity index is 3.59. The summed E-state index contributed by atoms with van der Waals surface area (Å²) < 4.78 is 0. The summed E-state index contributed by atoms with van der Waals surface area (Å²) in [7, 11) is 0. The van der Waals surface area contributed by atoms with Crippen LogP contribution in [0.2, 0.25) is 0 Å². The van der Waals surface area contributed by atoms with E-state index in [-0.39, 0.29) is 12.0 Å². The van der Waals surface area contributed by atoms with Crippen molar-refractivity contribution in [1.29, 1.82) is 0 Å². The Kier molecular flexibility index (Phi) is 18.4. The van der Waals surface area contributed by atoms with Crippen molar-refractivity contribution in [2.45, 2.75) is 130 Å². The third kappa shape index (κ3) is 14.1. The summed E-state index contributed by atoms with van der Waals surface area (Å²) in [5, 5.41) is 9.56. The predicted octanol–water partition coefficient (Wildman–Crippen LogP) is 7.29. The van der Waals surface area contributed by atoms with Crippen LogP contribution in [-0.4, -0.2) is 35.1 Å². The van der Waals surface area contributed by atoms with E-state index in [0.29, 0.717) is 0 Å². The molecule has 0 saturated carbocycles. The molecule has 3 heteroatoms. The first-order valence-corrected chi connectivity index (χ1v) is 12.0. The first kappa shape index (κ1) is 26.4. The first-order valence-electron chi connectivity index (χ1n) is 12.0. The van der Waals surface area contributed by atoms with Crippen molar-refractivity contribution in [2.75, 3.05) is 13.1 Å². The van der Waals surface area contributed by atoms with Gasteiger partial charge in [-0.1, -0.05) is 111 Å². The quantitative estimate of drug-likeness (QED) is 0.224. The smallest absolute Gasteiger partial charge is 0.308 e. The third-order valence-corrected chi connectivity index (χ3v) is 6.16. The SMILES string of the molecule is CCCCCCCCCCCCCCCCC(C(=O)O)C(C)N(CC)CC. The summed E-state index contributed by atoms with van der Waals surface area (Å²) in [6.45, 7) is 10.4. The maximum atomic E-state index is 11.6. The molecular weight excluding hydrogens is 334 g/mol. The maximum absolute atomic E-state index is 11.6. The van der Waals surface area contributed by atoms with Gasteiger partial charge in [0, 0.05) is 6.04 Å². The number of carbonyl (C=O) groups is 1. The molecule has 0 aromatic heterocycles. The second kappa shape index (κ2) is 18.8. The zero-order chi connectivity index (χ0) is 20.3. The van der Waals surface area contributed by atoms with E-state index < -0.39 is 5.97 Å². The minimum Gasteiger partial charge on any atom is -0.481 e. The number of hydrogen-bond donors (Lipinski definition) is 1. The summed E-state index contributed by atoms with van der Waals surface area (Å²) >= 11 is 0. The molecule has 0 amide bonds. The third-order valence-electron chi connectivity index (χ3n) is 6.16. The number of carboxylic acids is 1. The molecule has 0 aromatic rings. The molecule has 0 aliphatic carbocycles. The first-order chi connectivity index (χ1) is 13.1. The van der Waals surface area contributed by atoms with Crippen LogP contribution < -0.4 is 0 Å². The van der Waals surface area contributed by atoms with E-state index in [2.05, 4.69) is 32.6 Å². The maximum Gasteiger partial charge on any atom is 0.308 e. The Labute approximate surface area is 170 Å². The Bertz CT molecular complexity index is 328. The van der Waals surface area contributed by atoms with Gasteiger partial charge in [-0.15, -0.1) is 0 Å². The molecule has 162 valence electrons. The highest BCUT2D eigenvalue weighted by molar-refractivity contribution is 5.70. The topological polar surface area (TPSA) is 40.5 Å². The number of aliphatic carboxylic acids is 1. The van der Waals surface area contributed by atoms with Gasteiger partial charge in [0.25, 0.3) is 0 Å². The van der Waals surface area contributed by atoms with Crippen LogP contribution in [0.1, 0.15) is 124 Å². The summed E-state index contributed by atoms with van der Waals surface area (Å²) in [5.74, 6) is -0.841. The Morgan fingerprint density at radius 1 is 0.704 bits per heavy atom. The summed E-state index contributed by atoms with van der Waals surface area (Å²) in [4.78, 5) is 13.9. The monoisotopic (exact) mass is 383 g/mol. The number of nitrogens with zero attached hydrogens (tertiary/aromatic N) is 1. The normalized spacial score (nSPS) is 13.8. The van der Waals surface area contributed by atoms with E-state index in [9.17, 15) is 9.90 Å². The lowest BCUT2D eigenvalue weighted by Crippen LogP contribution is -2.41. The van der Waals surface area contributed by atoms with E-state index in [1.807, 2.05) is 0 Å². The molecule has 1 N–H and O–H groups in total. The Morgan fingerprint density at radius 2 is 1.07 bits per heavy atom. The summed E-state index contributed by atoms with van der Waals surface area (Å²) in [6, 6.07) is 0.138. The number of unbranched alkanes of at least 4 members (excludes halogenated alkanes) is 13. The van der Waals surface area contributed by atoms with Crippen LogP contribution in [0.5, 0.6) is 0 Å². The van der Waals surface area contributed by atoms with Gasteiger partial charge in [0.2, 0.25) is 0 Å². The van der Waals surface area contributed by atoms with Gasteiger partial charge < -0.3 is 10.0 Å². The average molecular weight is 384 g/mol. The molecule has 0 radical (unpaired) electrons. The lowest BCUT2D eigenvalue weighted by atomic mass is 9.93. The van der Waals surface area contributed by atoms with Crippen molar-refractivity contribution >= 4 is 5.97 Å². The molecule has 2 unspecified atom stereocenters. The zero-order valence-electron chi connectivity index (χ0n) is 19.0. The van der Waals surface area contributed by atoms with Crippen LogP contribution in [0.4, 0.5) is 0 Å². The van der Waals surface area contributed by atoms with Crippen molar-refractivity contribution in [2.24, 2.45) is 5.92 Å². The average Bonchev–Trinajstić information content (AvgIpc) is 2.65. The second-order valence-corrected chi connectivity index (χ2v) is 8.29. The van der Waals surface area contributed by atoms with Crippen molar-refractivity contribution in [1.82, 2.24) is 4.90 Å². The molecule has 27 heavy (non-hydrogen) atoms. The van der Waals surface area contributed by atoms with Gasteiger partial charge in [-0.25, -0.2) is 0 Å².